The van der Waals surface area contributed by atoms with E-state index < -0.39 is 6.10 Å². The van der Waals surface area contributed by atoms with Gasteiger partial charge in [0.1, 0.15) is 5.75 Å². The number of carbonyl (C=O) groups excluding carboxylic acids is 1. The van der Waals surface area contributed by atoms with Crippen LogP contribution in [0.5, 0.6) is 5.75 Å². The first-order valence-electron chi connectivity index (χ1n) is 8.26. The van der Waals surface area contributed by atoms with Crippen LogP contribution in [-0.2, 0) is 4.79 Å². The van der Waals surface area contributed by atoms with Crippen LogP contribution in [0.3, 0.4) is 0 Å². The van der Waals surface area contributed by atoms with Crippen molar-refractivity contribution in [1.29, 1.82) is 0 Å². The lowest BCUT2D eigenvalue weighted by Crippen LogP contribution is -2.44. The molecule has 0 saturated heterocycles. The number of benzene rings is 1. The van der Waals surface area contributed by atoms with Gasteiger partial charge in [-0.2, -0.15) is 0 Å². The van der Waals surface area contributed by atoms with Crippen LogP contribution in [0.15, 0.2) is 47.9 Å². The minimum Gasteiger partial charge on any atom is -0.481 e. The molecule has 1 aliphatic rings. The van der Waals surface area contributed by atoms with Crippen molar-refractivity contribution in [1.82, 2.24) is 14.9 Å². The molecule has 1 fully saturated rings. The zero-order valence-electron chi connectivity index (χ0n) is 14.0. The van der Waals surface area contributed by atoms with Crippen molar-refractivity contribution in [3.8, 4) is 5.75 Å². The van der Waals surface area contributed by atoms with Gasteiger partial charge in [-0.05, 0) is 56.7 Å². The number of nitrogens with one attached hydrogen (secondary N) is 1. The molecule has 1 amide bonds. The van der Waals surface area contributed by atoms with Gasteiger partial charge in [0.15, 0.2) is 6.10 Å². The molecule has 1 aromatic carbocycles. The first-order valence-corrected chi connectivity index (χ1v) is 9.48. The molecule has 3 atom stereocenters. The van der Waals surface area contributed by atoms with Crippen LogP contribution in [0.4, 0.5) is 0 Å². The van der Waals surface area contributed by atoms with Crippen molar-refractivity contribution in [2.45, 2.75) is 49.3 Å². The minimum absolute atomic E-state index is 0.0686. The quantitative estimate of drug-likeness (QED) is 0.816. The summed E-state index contributed by atoms with van der Waals surface area (Å²) in [6, 6.07) is 8.22. The highest BCUT2D eigenvalue weighted by Gasteiger charge is 2.31. The van der Waals surface area contributed by atoms with Crippen LogP contribution in [0.25, 0.3) is 0 Å². The molecule has 0 bridgehead atoms. The van der Waals surface area contributed by atoms with Gasteiger partial charge in [-0.15, -0.1) is 11.8 Å². The highest BCUT2D eigenvalue weighted by molar-refractivity contribution is 7.98. The third-order valence-electron chi connectivity index (χ3n) is 4.46. The lowest BCUT2D eigenvalue weighted by molar-refractivity contribution is -0.128. The molecule has 0 spiro atoms. The van der Waals surface area contributed by atoms with E-state index in [1.165, 1.54) is 4.90 Å². The molecule has 3 rings (SSSR count). The smallest absolute Gasteiger partial charge is 0.261 e. The van der Waals surface area contributed by atoms with Crippen molar-refractivity contribution in [2.24, 2.45) is 0 Å². The van der Waals surface area contributed by atoms with Crippen LogP contribution in [0.1, 0.15) is 32.2 Å². The fourth-order valence-electron chi connectivity index (χ4n) is 3.14. The standard InChI is InChI=1S/C18H23N3O2S/c1-13(23-14-6-8-15(24-2)9-7-14)18(22)20-16-4-3-5-17(16)21-11-10-19-12-21/h6-13,16-17H,3-5H2,1-2H3,(H,20,22)/t13-,16-,17+/m1/s1. The first-order chi connectivity index (χ1) is 11.7. The van der Waals surface area contributed by atoms with E-state index in [0.29, 0.717) is 5.75 Å². The second-order valence-electron chi connectivity index (χ2n) is 6.06. The van der Waals surface area contributed by atoms with Crippen LogP contribution < -0.4 is 10.1 Å². The Morgan fingerprint density at radius 1 is 1.38 bits per heavy atom. The number of hydrogen-bond donors (Lipinski definition) is 1. The van der Waals surface area contributed by atoms with E-state index in [1.807, 2.05) is 43.0 Å². The van der Waals surface area contributed by atoms with E-state index in [1.54, 1.807) is 24.9 Å². The van der Waals surface area contributed by atoms with Crippen LogP contribution in [0.2, 0.25) is 0 Å². The van der Waals surface area contributed by atoms with Crippen molar-refractivity contribution in [2.75, 3.05) is 6.26 Å². The van der Waals surface area contributed by atoms with Crippen molar-refractivity contribution < 1.29 is 9.53 Å². The summed E-state index contributed by atoms with van der Waals surface area (Å²) in [5.74, 6) is 0.647. The Balaban J connectivity index is 1.57. The predicted octanol–water partition coefficient (Wildman–Crippen LogP) is 3.28. The van der Waals surface area contributed by atoms with Gasteiger partial charge in [-0.1, -0.05) is 0 Å². The van der Waals surface area contributed by atoms with E-state index >= 15 is 0 Å². The minimum atomic E-state index is -0.519. The Labute approximate surface area is 146 Å². The zero-order valence-corrected chi connectivity index (χ0v) is 14.8. The number of carbonyl (C=O) groups is 1. The molecule has 1 aliphatic carbocycles. The SMILES string of the molecule is CSc1ccc(O[C@H](C)C(=O)N[C@@H]2CCC[C@@H]2n2ccnc2)cc1. The van der Waals surface area contributed by atoms with E-state index in [9.17, 15) is 4.79 Å². The molecular formula is C18H23N3O2S. The van der Waals surface area contributed by atoms with Gasteiger partial charge in [0.25, 0.3) is 5.91 Å². The van der Waals surface area contributed by atoms with Crippen molar-refractivity contribution in [3.63, 3.8) is 0 Å². The van der Waals surface area contributed by atoms with Crippen molar-refractivity contribution in [3.05, 3.63) is 43.0 Å². The third-order valence-corrected chi connectivity index (χ3v) is 5.20. The van der Waals surface area contributed by atoms with Crippen molar-refractivity contribution >= 4 is 17.7 Å². The third kappa shape index (κ3) is 3.93. The van der Waals surface area contributed by atoms with Gasteiger partial charge in [0, 0.05) is 23.3 Å². The molecule has 1 aromatic heterocycles. The van der Waals surface area contributed by atoms with E-state index in [-0.39, 0.29) is 18.0 Å². The average Bonchev–Trinajstić information content (AvgIpc) is 3.26. The van der Waals surface area contributed by atoms with Gasteiger partial charge in [0.2, 0.25) is 0 Å². The number of hydrogen-bond acceptors (Lipinski definition) is 4. The molecule has 2 aromatic rings. The Bertz CT molecular complexity index is 657. The van der Waals surface area contributed by atoms with Gasteiger partial charge >= 0.3 is 0 Å². The second kappa shape index (κ2) is 7.75. The summed E-state index contributed by atoms with van der Waals surface area (Å²) in [6.45, 7) is 1.79. The topological polar surface area (TPSA) is 56.1 Å². The summed E-state index contributed by atoms with van der Waals surface area (Å²) < 4.78 is 7.86. The normalized spacial score (nSPS) is 21.4. The summed E-state index contributed by atoms with van der Waals surface area (Å²) in [4.78, 5) is 17.8. The average molecular weight is 345 g/mol. The Hall–Kier alpha value is -1.95. The number of nitrogens with zero attached hydrogens (tertiary/aromatic N) is 2. The maximum absolute atomic E-state index is 12.5. The van der Waals surface area contributed by atoms with E-state index in [4.69, 9.17) is 4.74 Å². The van der Waals surface area contributed by atoms with E-state index in [2.05, 4.69) is 14.9 Å². The largest absolute Gasteiger partial charge is 0.481 e. The first kappa shape index (κ1) is 16.9. The molecule has 128 valence electrons. The molecule has 0 aliphatic heterocycles. The molecule has 0 unspecified atom stereocenters. The summed E-state index contributed by atoms with van der Waals surface area (Å²) >= 11 is 1.68. The number of ether oxygens (including phenoxy) is 1. The van der Waals surface area contributed by atoms with E-state index in [0.717, 1.165) is 19.3 Å². The molecular weight excluding hydrogens is 322 g/mol. The fraction of sp³-hybridized carbons (Fsp3) is 0.444. The highest BCUT2D eigenvalue weighted by atomic mass is 32.2. The number of aromatic nitrogens is 2. The molecule has 5 nitrogen and oxygen atoms in total. The molecule has 0 radical (unpaired) electrons. The predicted molar refractivity (Wildman–Crippen MR) is 95.4 cm³/mol. The maximum Gasteiger partial charge on any atom is 0.261 e. The molecule has 24 heavy (non-hydrogen) atoms. The maximum atomic E-state index is 12.5. The monoisotopic (exact) mass is 345 g/mol. The molecule has 1 saturated carbocycles. The highest BCUT2D eigenvalue weighted by Crippen LogP contribution is 2.30. The van der Waals surface area contributed by atoms with Crippen LogP contribution >= 0.6 is 11.8 Å². The molecule has 6 heteroatoms. The Kier molecular flexibility index (Phi) is 5.45. The van der Waals surface area contributed by atoms with Crippen LogP contribution in [-0.4, -0.2) is 33.9 Å². The number of amides is 1. The molecule has 1 heterocycles. The Morgan fingerprint density at radius 2 is 2.17 bits per heavy atom. The van der Waals surface area contributed by atoms with Gasteiger partial charge in [-0.25, -0.2) is 4.98 Å². The van der Waals surface area contributed by atoms with Gasteiger partial charge < -0.3 is 14.6 Å². The lowest BCUT2D eigenvalue weighted by atomic mass is 10.1. The van der Waals surface area contributed by atoms with Gasteiger partial charge in [0.05, 0.1) is 12.4 Å². The number of imidazole rings is 1. The number of rotatable bonds is 6. The lowest BCUT2D eigenvalue weighted by Gasteiger charge is -2.24. The zero-order chi connectivity index (χ0) is 16.9. The molecule has 1 N–H and O–H groups in total. The van der Waals surface area contributed by atoms with Gasteiger partial charge in [-0.3, -0.25) is 4.79 Å². The summed E-state index contributed by atoms with van der Waals surface area (Å²) in [6.07, 6.45) is 10.2. The summed E-state index contributed by atoms with van der Waals surface area (Å²) in [7, 11) is 0. The second-order valence-corrected chi connectivity index (χ2v) is 6.94. The van der Waals surface area contributed by atoms with Crippen LogP contribution in [0, 0.1) is 0 Å². The number of thioether (sulfide) groups is 1. The fourth-order valence-corrected chi connectivity index (χ4v) is 3.55. The Morgan fingerprint density at radius 3 is 2.83 bits per heavy atom. The summed E-state index contributed by atoms with van der Waals surface area (Å²) in [5.41, 5.74) is 0. The summed E-state index contributed by atoms with van der Waals surface area (Å²) in [5, 5.41) is 3.14.